The van der Waals surface area contributed by atoms with E-state index in [4.69, 9.17) is 9.47 Å². The average molecular weight is 387 g/mol. The van der Waals surface area contributed by atoms with Crippen LogP contribution in [0.4, 0.5) is 0 Å². The Labute approximate surface area is 164 Å². The highest BCUT2D eigenvalue weighted by Gasteiger charge is 2.16. The van der Waals surface area contributed by atoms with E-state index in [-0.39, 0.29) is 18.5 Å². The normalized spacial score (nSPS) is 10.5. The predicted molar refractivity (Wildman–Crippen MR) is 102 cm³/mol. The Balaban J connectivity index is 2.12. The summed E-state index contributed by atoms with van der Waals surface area (Å²) in [6.45, 7) is 3.53. The molecule has 1 amide bonds. The molecular weight excluding hydrogens is 362 g/mol. The summed E-state index contributed by atoms with van der Waals surface area (Å²) in [5.74, 6) is -1.11. The second kappa shape index (κ2) is 9.16. The van der Waals surface area contributed by atoms with Gasteiger partial charge in [0.15, 0.2) is 6.61 Å². The van der Waals surface area contributed by atoms with Gasteiger partial charge in [-0.1, -0.05) is 0 Å². The Morgan fingerprint density at radius 1 is 1.11 bits per heavy atom. The molecule has 2 rings (SSSR count). The van der Waals surface area contributed by atoms with Gasteiger partial charge in [0.2, 0.25) is 0 Å². The summed E-state index contributed by atoms with van der Waals surface area (Å²) in [5, 5.41) is 4.54. The number of ether oxygens (including phenoxy) is 2. The maximum absolute atomic E-state index is 12.1. The molecule has 8 heteroatoms. The van der Waals surface area contributed by atoms with E-state index < -0.39 is 5.97 Å². The number of aromatic nitrogens is 2. The Morgan fingerprint density at radius 2 is 1.75 bits per heavy atom. The van der Waals surface area contributed by atoms with Crippen molar-refractivity contribution in [3.63, 3.8) is 0 Å². The number of amides is 1. The minimum absolute atomic E-state index is 0.262. The first kappa shape index (κ1) is 21.1. The summed E-state index contributed by atoms with van der Waals surface area (Å²) < 4.78 is 11.5. The van der Waals surface area contributed by atoms with Crippen LogP contribution in [0.2, 0.25) is 0 Å². The third kappa shape index (κ3) is 4.97. The fourth-order valence-corrected chi connectivity index (χ4v) is 2.70. The second-order valence-corrected chi connectivity index (χ2v) is 6.55. The Hall–Kier alpha value is -3.16. The lowest BCUT2D eigenvalue weighted by Gasteiger charge is -2.11. The summed E-state index contributed by atoms with van der Waals surface area (Å²) in [5.41, 5.74) is 3.89. The fourth-order valence-electron chi connectivity index (χ4n) is 2.70. The second-order valence-electron chi connectivity index (χ2n) is 6.55. The number of carbonyl (C=O) groups excluding carboxylic acids is 3. The van der Waals surface area contributed by atoms with Crippen molar-refractivity contribution in [3.8, 4) is 5.69 Å². The lowest BCUT2D eigenvalue weighted by Crippen LogP contribution is -2.27. The van der Waals surface area contributed by atoms with Gasteiger partial charge in [-0.3, -0.25) is 9.59 Å². The summed E-state index contributed by atoms with van der Waals surface area (Å²) >= 11 is 0. The van der Waals surface area contributed by atoms with Crippen LogP contribution in [0.25, 0.3) is 5.69 Å². The van der Waals surface area contributed by atoms with Crippen molar-refractivity contribution in [1.82, 2.24) is 14.7 Å². The summed E-state index contributed by atoms with van der Waals surface area (Å²) in [4.78, 5) is 36.3. The molecule has 0 saturated carbocycles. The molecule has 1 heterocycles. The molecule has 8 nitrogen and oxygen atoms in total. The standard InChI is InChI=1S/C20H25N3O5/c1-13-17(10-11-19(25)27-5)14(2)23(21-13)16-8-6-15(7-9-16)20(26)28-12-18(24)22(3)4/h6-9H,10-12H2,1-5H3. The highest BCUT2D eigenvalue weighted by Crippen LogP contribution is 2.20. The molecule has 0 bridgehead atoms. The van der Waals surface area contributed by atoms with Crippen LogP contribution in [0.3, 0.4) is 0 Å². The molecule has 0 spiro atoms. The maximum Gasteiger partial charge on any atom is 0.338 e. The zero-order valence-corrected chi connectivity index (χ0v) is 16.8. The van der Waals surface area contributed by atoms with Gasteiger partial charge < -0.3 is 14.4 Å². The SMILES string of the molecule is COC(=O)CCc1c(C)nn(-c2ccc(C(=O)OCC(=O)N(C)C)cc2)c1C. The van der Waals surface area contributed by atoms with Crippen LogP contribution >= 0.6 is 0 Å². The van der Waals surface area contributed by atoms with E-state index in [1.807, 2.05) is 13.8 Å². The molecule has 1 aromatic heterocycles. The lowest BCUT2D eigenvalue weighted by molar-refractivity contribution is -0.140. The molecule has 0 aliphatic carbocycles. The molecule has 1 aromatic carbocycles. The van der Waals surface area contributed by atoms with Crippen molar-refractivity contribution >= 4 is 17.8 Å². The summed E-state index contributed by atoms with van der Waals surface area (Å²) in [7, 11) is 4.56. The first-order chi connectivity index (χ1) is 13.2. The van der Waals surface area contributed by atoms with E-state index in [2.05, 4.69) is 5.10 Å². The molecule has 150 valence electrons. The van der Waals surface area contributed by atoms with Gasteiger partial charge in [-0.05, 0) is 50.1 Å². The number of aryl methyl sites for hydroxylation is 1. The van der Waals surface area contributed by atoms with Crippen LogP contribution in [-0.4, -0.2) is 60.3 Å². The van der Waals surface area contributed by atoms with Crippen molar-refractivity contribution < 1.29 is 23.9 Å². The van der Waals surface area contributed by atoms with Crippen LogP contribution in [0.15, 0.2) is 24.3 Å². The van der Waals surface area contributed by atoms with Crippen LogP contribution in [-0.2, 0) is 25.5 Å². The number of hydrogen-bond donors (Lipinski definition) is 0. The Morgan fingerprint density at radius 3 is 2.32 bits per heavy atom. The predicted octanol–water partition coefficient (Wildman–Crippen LogP) is 1.84. The van der Waals surface area contributed by atoms with Gasteiger partial charge in [-0.15, -0.1) is 0 Å². The monoisotopic (exact) mass is 387 g/mol. The van der Waals surface area contributed by atoms with E-state index in [1.165, 1.54) is 12.0 Å². The van der Waals surface area contributed by atoms with Crippen molar-refractivity contribution in [2.45, 2.75) is 26.7 Å². The maximum atomic E-state index is 12.1. The smallest absolute Gasteiger partial charge is 0.338 e. The molecule has 0 fully saturated rings. The van der Waals surface area contributed by atoms with E-state index in [0.717, 1.165) is 22.6 Å². The van der Waals surface area contributed by atoms with Gasteiger partial charge in [0.05, 0.1) is 24.1 Å². The third-order valence-electron chi connectivity index (χ3n) is 4.42. The number of hydrogen-bond acceptors (Lipinski definition) is 6. The van der Waals surface area contributed by atoms with E-state index in [9.17, 15) is 14.4 Å². The summed E-state index contributed by atoms with van der Waals surface area (Å²) in [6.07, 6.45) is 0.842. The quantitative estimate of drug-likeness (QED) is 0.674. The molecule has 28 heavy (non-hydrogen) atoms. The average Bonchev–Trinajstić information content (AvgIpc) is 2.97. The number of benzene rings is 1. The first-order valence-electron chi connectivity index (χ1n) is 8.84. The van der Waals surface area contributed by atoms with Gasteiger partial charge in [-0.25, -0.2) is 9.48 Å². The topological polar surface area (TPSA) is 90.7 Å². The number of likely N-dealkylation sites (N-methyl/N-ethyl adjacent to an activating group) is 1. The Bertz CT molecular complexity index is 869. The molecule has 2 aromatic rings. The molecule has 0 atom stereocenters. The number of rotatable bonds is 7. The molecule has 0 radical (unpaired) electrons. The molecule has 0 saturated heterocycles. The van der Waals surface area contributed by atoms with Gasteiger partial charge in [0, 0.05) is 26.2 Å². The van der Waals surface area contributed by atoms with Gasteiger partial charge in [0.1, 0.15) is 0 Å². The number of esters is 2. The highest BCUT2D eigenvalue weighted by molar-refractivity contribution is 5.91. The number of carbonyl (C=O) groups is 3. The molecule has 0 unspecified atom stereocenters. The van der Waals surface area contributed by atoms with Gasteiger partial charge in [-0.2, -0.15) is 5.10 Å². The summed E-state index contributed by atoms with van der Waals surface area (Å²) in [6, 6.07) is 6.77. The largest absolute Gasteiger partial charge is 0.469 e. The third-order valence-corrected chi connectivity index (χ3v) is 4.42. The molecular formula is C20H25N3O5. The van der Waals surface area contributed by atoms with Crippen LogP contribution < -0.4 is 0 Å². The fraction of sp³-hybridized carbons (Fsp3) is 0.400. The lowest BCUT2D eigenvalue weighted by atomic mass is 10.1. The van der Waals surface area contributed by atoms with Crippen molar-refractivity contribution in [1.29, 1.82) is 0 Å². The minimum atomic E-state index is -0.561. The van der Waals surface area contributed by atoms with E-state index in [0.29, 0.717) is 18.4 Å². The van der Waals surface area contributed by atoms with Crippen LogP contribution in [0.5, 0.6) is 0 Å². The van der Waals surface area contributed by atoms with Crippen molar-refractivity contribution in [3.05, 3.63) is 46.8 Å². The van der Waals surface area contributed by atoms with E-state index >= 15 is 0 Å². The van der Waals surface area contributed by atoms with Crippen LogP contribution in [0.1, 0.15) is 33.7 Å². The zero-order chi connectivity index (χ0) is 20.8. The van der Waals surface area contributed by atoms with E-state index in [1.54, 1.807) is 43.0 Å². The molecule has 0 aliphatic rings. The number of methoxy groups -OCH3 is 1. The Kier molecular flexibility index (Phi) is 6.92. The molecule has 0 N–H and O–H groups in total. The van der Waals surface area contributed by atoms with Crippen molar-refractivity contribution in [2.24, 2.45) is 0 Å². The molecule has 0 aliphatic heterocycles. The van der Waals surface area contributed by atoms with Gasteiger partial charge >= 0.3 is 11.9 Å². The van der Waals surface area contributed by atoms with Gasteiger partial charge in [0.25, 0.3) is 5.91 Å². The van der Waals surface area contributed by atoms with Crippen molar-refractivity contribution in [2.75, 3.05) is 27.8 Å². The first-order valence-corrected chi connectivity index (χ1v) is 8.84. The number of nitrogens with zero attached hydrogens (tertiary/aromatic N) is 3. The zero-order valence-electron chi connectivity index (χ0n) is 16.8. The van der Waals surface area contributed by atoms with Crippen LogP contribution in [0, 0.1) is 13.8 Å². The highest BCUT2D eigenvalue weighted by atomic mass is 16.5. The minimum Gasteiger partial charge on any atom is -0.469 e.